The maximum Gasteiger partial charge on any atom is 0.255 e. The minimum atomic E-state index is -0.830. The normalized spacial score (nSPS) is 10.2. The van der Waals surface area contributed by atoms with Gasteiger partial charge in [0.05, 0.1) is 0 Å². The number of hydrogen-bond acceptors (Lipinski definition) is 2. The highest BCUT2D eigenvalue weighted by Crippen LogP contribution is 2.21. The number of rotatable bonds is 3. The largest absolute Gasteiger partial charge is 0.383 e. The summed E-state index contributed by atoms with van der Waals surface area (Å²) >= 11 is 5.78. The van der Waals surface area contributed by atoms with E-state index in [9.17, 15) is 13.6 Å². The van der Waals surface area contributed by atoms with Gasteiger partial charge in [-0.2, -0.15) is 0 Å². The highest BCUT2D eigenvalue weighted by Gasteiger charge is 2.14. The van der Waals surface area contributed by atoms with E-state index in [1.165, 1.54) is 13.1 Å². The summed E-state index contributed by atoms with van der Waals surface area (Å²) in [6.45, 7) is 0. The average Bonchev–Trinajstić information content (AvgIpc) is 2.38. The molecule has 2 rings (SSSR count). The van der Waals surface area contributed by atoms with E-state index < -0.39 is 17.5 Å². The summed E-state index contributed by atoms with van der Waals surface area (Å²) in [6.07, 6.45) is 0. The van der Waals surface area contributed by atoms with Gasteiger partial charge in [-0.15, -0.1) is 0 Å². The number of carbonyl (C=O) groups is 1. The van der Waals surface area contributed by atoms with Crippen molar-refractivity contribution in [1.82, 2.24) is 0 Å². The third kappa shape index (κ3) is 3.05. The molecule has 2 N–H and O–H groups in total. The molecule has 0 aliphatic heterocycles. The number of carbonyl (C=O) groups excluding carboxylic acids is 1. The second kappa shape index (κ2) is 5.88. The van der Waals surface area contributed by atoms with E-state index in [4.69, 9.17) is 11.6 Å². The van der Waals surface area contributed by atoms with Crippen LogP contribution in [-0.4, -0.2) is 13.0 Å². The summed E-state index contributed by atoms with van der Waals surface area (Å²) < 4.78 is 27.1. The molecule has 0 heterocycles. The number of nitrogens with one attached hydrogen (secondary N) is 2. The fourth-order valence-corrected chi connectivity index (χ4v) is 1.90. The molecule has 0 spiro atoms. The van der Waals surface area contributed by atoms with Crippen molar-refractivity contribution in [2.24, 2.45) is 0 Å². The van der Waals surface area contributed by atoms with Crippen molar-refractivity contribution in [1.29, 1.82) is 0 Å². The summed E-state index contributed by atoms with van der Waals surface area (Å²) in [7, 11) is 1.40. The number of hydrogen-bond donors (Lipinski definition) is 2. The number of halogens is 3. The van der Waals surface area contributed by atoms with E-state index in [1.807, 2.05) is 0 Å². The minimum absolute atomic E-state index is 0.112. The first kappa shape index (κ1) is 14.3. The summed E-state index contributed by atoms with van der Waals surface area (Å²) in [4.78, 5) is 11.9. The van der Waals surface area contributed by atoms with Crippen molar-refractivity contribution in [3.8, 4) is 0 Å². The summed E-state index contributed by atoms with van der Waals surface area (Å²) in [5, 5.41) is 5.35. The van der Waals surface area contributed by atoms with E-state index in [0.717, 1.165) is 12.1 Å². The second-order valence-corrected chi connectivity index (χ2v) is 4.47. The van der Waals surface area contributed by atoms with Crippen molar-refractivity contribution in [2.75, 3.05) is 17.7 Å². The van der Waals surface area contributed by atoms with Crippen LogP contribution in [0.1, 0.15) is 10.4 Å². The van der Waals surface area contributed by atoms with Crippen LogP contribution < -0.4 is 10.6 Å². The first-order chi connectivity index (χ1) is 9.51. The van der Waals surface area contributed by atoms with Crippen LogP contribution in [0.5, 0.6) is 0 Å². The summed E-state index contributed by atoms with van der Waals surface area (Å²) in [6, 6.07) is 8.40. The van der Waals surface area contributed by atoms with Gasteiger partial charge in [-0.25, -0.2) is 8.78 Å². The molecule has 0 radical (unpaired) electrons. The first-order valence-corrected chi connectivity index (χ1v) is 6.13. The molecule has 20 heavy (non-hydrogen) atoms. The van der Waals surface area contributed by atoms with Crippen molar-refractivity contribution >= 4 is 28.9 Å². The quantitative estimate of drug-likeness (QED) is 0.901. The van der Waals surface area contributed by atoms with Gasteiger partial charge in [-0.3, -0.25) is 4.79 Å². The van der Waals surface area contributed by atoms with Gasteiger partial charge in [-0.1, -0.05) is 17.7 Å². The van der Waals surface area contributed by atoms with Crippen LogP contribution in [0.2, 0.25) is 5.02 Å². The van der Waals surface area contributed by atoms with Crippen molar-refractivity contribution < 1.29 is 13.6 Å². The topological polar surface area (TPSA) is 41.1 Å². The first-order valence-electron chi connectivity index (χ1n) is 5.75. The molecule has 0 saturated heterocycles. The van der Waals surface area contributed by atoms with E-state index in [1.54, 1.807) is 18.2 Å². The van der Waals surface area contributed by atoms with Gasteiger partial charge < -0.3 is 10.6 Å². The molecule has 2 aromatic rings. The van der Waals surface area contributed by atoms with Crippen LogP contribution in [0, 0.1) is 11.6 Å². The molecule has 0 bridgehead atoms. The molecular weight excluding hydrogens is 286 g/mol. The van der Waals surface area contributed by atoms with Crippen LogP contribution >= 0.6 is 11.6 Å². The maximum absolute atomic E-state index is 13.6. The third-order valence-electron chi connectivity index (χ3n) is 2.64. The molecule has 2 aromatic carbocycles. The third-order valence-corrected chi connectivity index (χ3v) is 2.87. The number of amides is 1. The van der Waals surface area contributed by atoms with Gasteiger partial charge in [0.2, 0.25) is 0 Å². The van der Waals surface area contributed by atoms with Gasteiger partial charge in [0.15, 0.2) is 0 Å². The van der Waals surface area contributed by atoms with Gasteiger partial charge >= 0.3 is 0 Å². The molecule has 3 nitrogen and oxygen atoms in total. The van der Waals surface area contributed by atoms with Crippen molar-refractivity contribution in [3.63, 3.8) is 0 Å². The molecule has 6 heteroatoms. The van der Waals surface area contributed by atoms with Gasteiger partial charge in [0, 0.05) is 23.3 Å². The monoisotopic (exact) mass is 296 g/mol. The van der Waals surface area contributed by atoms with E-state index in [0.29, 0.717) is 10.7 Å². The van der Waals surface area contributed by atoms with Crippen molar-refractivity contribution in [3.05, 3.63) is 58.6 Å². The van der Waals surface area contributed by atoms with Crippen LogP contribution in [-0.2, 0) is 0 Å². The van der Waals surface area contributed by atoms with Gasteiger partial charge in [0.25, 0.3) is 5.91 Å². The zero-order valence-electron chi connectivity index (χ0n) is 10.5. The molecule has 0 aliphatic carbocycles. The number of anilines is 2. The van der Waals surface area contributed by atoms with Crippen LogP contribution in [0.4, 0.5) is 20.2 Å². The molecule has 0 fully saturated rings. The predicted octanol–water partition coefficient (Wildman–Crippen LogP) is 3.91. The molecule has 0 aliphatic rings. The van der Waals surface area contributed by atoms with Gasteiger partial charge in [-0.05, 0) is 30.3 Å². The maximum atomic E-state index is 13.6. The highest BCUT2D eigenvalue weighted by atomic mass is 35.5. The van der Waals surface area contributed by atoms with E-state index >= 15 is 0 Å². The molecule has 104 valence electrons. The molecule has 0 saturated carbocycles. The summed E-state index contributed by atoms with van der Waals surface area (Å²) in [5.74, 6) is -2.28. The average molecular weight is 297 g/mol. The fourth-order valence-electron chi connectivity index (χ4n) is 1.71. The Morgan fingerprint density at radius 3 is 2.35 bits per heavy atom. The lowest BCUT2D eigenvalue weighted by Gasteiger charge is -2.08. The number of benzene rings is 2. The second-order valence-electron chi connectivity index (χ2n) is 4.03. The fraction of sp³-hybridized carbons (Fsp3) is 0.0714. The Bertz CT molecular complexity index is 638. The zero-order valence-corrected chi connectivity index (χ0v) is 11.3. The minimum Gasteiger partial charge on any atom is -0.383 e. The summed E-state index contributed by atoms with van der Waals surface area (Å²) in [5.41, 5.74) is 0.0595. The molecule has 0 aromatic heterocycles. The van der Waals surface area contributed by atoms with Crippen molar-refractivity contribution in [2.45, 2.75) is 0 Å². The predicted molar refractivity (Wildman–Crippen MR) is 75.3 cm³/mol. The van der Waals surface area contributed by atoms with Gasteiger partial charge in [0.1, 0.15) is 17.3 Å². The highest BCUT2D eigenvalue weighted by molar-refractivity contribution is 6.30. The Balaban J connectivity index is 2.26. The Morgan fingerprint density at radius 1 is 1.15 bits per heavy atom. The Hall–Kier alpha value is -2.14. The molecular formula is C14H11ClF2N2O. The van der Waals surface area contributed by atoms with E-state index in [2.05, 4.69) is 10.6 Å². The smallest absolute Gasteiger partial charge is 0.255 e. The zero-order chi connectivity index (χ0) is 14.7. The standard InChI is InChI=1S/C14H11ClF2N2O/c1-18-13-11(16)5-8(6-12(13)17)14(20)19-10-4-2-3-9(15)7-10/h2-7,18H,1H3,(H,19,20). The van der Waals surface area contributed by atoms with Crippen LogP contribution in [0.3, 0.4) is 0 Å². The Kier molecular flexibility index (Phi) is 4.20. The lowest BCUT2D eigenvalue weighted by atomic mass is 10.1. The van der Waals surface area contributed by atoms with Crippen LogP contribution in [0.25, 0.3) is 0 Å². The Labute approximate surface area is 119 Å². The van der Waals surface area contributed by atoms with E-state index in [-0.39, 0.29) is 11.3 Å². The SMILES string of the molecule is CNc1c(F)cc(C(=O)Nc2cccc(Cl)c2)cc1F. The molecule has 1 amide bonds. The Morgan fingerprint density at radius 2 is 1.80 bits per heavy atom. The lowest BCUT2D eigenvalue weighted by molar-refractivity contribution is 0.102. The lowest BCUT2D eigenvalue weighted by Crippen LogP contribution is -2.13. The molecule has 0 atom stereocenters. The van der Waals surface area contributed by atoms with Crippen LogP contribution in [0.15, 0.2) is 36.4 Å². The molecule has 0 unspecified atom stereocenters.